The van der Waals surface area contributed by atoms with E-state index in [1.54, 1.807) is 12.1 Å². The third-order valence-corrected chi connectivity index (χ3v) is 4.27. The quantitative estimate of drug-likeness (QED) is 0.487. The second-order valence-electron chi connectivity index (χ2n) is 4.13. The Labute approximate surface area is 111 Å². The summed E-state index contributed by atoms with van der Waals surface area (Å²) < 4.78 is 26.4. The van der Waals surface area contributed by atoms with Gasteiger partial charge in [-0.25, -0.2) is 18.1 Å². The molecule has 0 saturated heterocycles. The number of sulfonamides is 1. The van der Waals surface area contributed by atoms with E-state index in [0.29, 0.717) is 11.5 Å². The zero-order valence-electron chi connectivity index (χ0n) is 9.64. The number of alkyl halides is 1. The van der Waals surface area contributed by atoms with Gasteiger partial charge in [0.2, 0.25) is 10.0 Å². The van der Waals surface area contributed by atoms with Gasteiger partial charge in [-0.1, -0.05) is 0 Å². The molecule has 5 nitrogen and oxygen atoms in total. The van der Waals surface area contributed by atoms with E-state index in [1.807, 2.05) is 0 Å². The number of hydrogen-bond donors (Lipinski definition) is 2. The lowest BCUT2D eigenvalue weighted by molar-refractivity contribution is 0.581. The number of benzene rings is 1. The molecule has 0 heterocycles. The number of nitrogens with one attached hydrogen (secondary N) is 1. The lowest BCUT2D eigenvalue weighted by Crippen LogP contribution is -2.25. The molecule has 1 saturated carbocycles. The molecule has 0 unspecified atom stereocenters. The van der Waals surface area contributed by atoms with E-state index < -0.39 is 10.0 Å². The van der Waals surface area contributed by atoms with E-state index in [0.717, 1.165) is 12.8 Å². The molecule has 0 bridgehead atoms. The molecular formula is C11H14ClN3O2S. The molecular weight excluding hydrogens is 274 g/mol. The topological polar surface area (TPSA) is 84.5 Å². The first-order chi connectivity index (χ1) is 8.51. The Morgan fingerprint density at radius 1 is 1.39 bits per heavy atom. The van der Waals surface area contributed by atoms with Crippen molar-refractivity contribution in [1.82, 2.24) is 4.72 Å². The van der Waals surface area contributed by atoms with Crippen molar-refractivity contribution in [3.05, 3.63) is 24.3 Å². The van der Waals surface area contributed by atoms with Crippen LogP contribution in [0.5, 0.6) is 0 Å². The molecule has 0 aliphatic heterocycles. The van der Waals surface area contributed by atoms with Gasteiger partial charge >= 0.3 is 0 Å². The van der Waals surface area contributed by atoms with Gasteiger partial charge in [-0.05, 0) is 37.1 Å². The van der Waals surface area contributed by atoms with E-state index in [-0.39, 0.29) is 16.8 Å². The fourth-order valence-electron chi connectivity index (χ4n) is 1.38. The highest BCUT2D eigenvalue weighted by atomic mass is 35.5. The van der Waals surface area contributed by atoms with Crippen LogP contribution in [0.25, 0.3) is 0 Å². The van der Waals surface area contributed by atoms with Gasteiger partial charge in [0.15, 0.2) is 0 Å². The van der Waals surface area contributed by atoms with Crippen LogP contribution in [0, 0.1) is 0 Å². The largest absolute Gasteiger partial charge is 0.386 e. The fraction of sp³-hybridized carbons (Fsp3) is 0.364. The molecule has 18 heavy (non-hydrogen) atoms. The zero-order valence-corrected chi connectivity index (χ0v) is 11.2. The van der Waals surface area contributed by atoms with E-state index in [9.17, 15) is 8.42 Å². The average molecular weight is 288 g/mol. The molecule has 0 aromatic heterocycles. The zero-order chi connectivity index (χ0) is 13.2. The molecule has 0 radical (unpaired) electrons. The molecule has 2 rings (SSSR count). The van der Waals surface area contributed by atoms with Crippen LogP contribution in [0.15, 0.2) is 34.2 Å². The lowest BCUT2D eigenvalue weighted by atomic mass is 10.3. The minimum atomic E-state index is -3.40. The van der Waals surface area contributed by atoms with Crippen molar-refractivity contribution < 1.29 is 8.42 Å². The molecule has 0 amide bonds. The smallest absolute Gasteiger partial charge is 0.240 e. The van der Waals surface area contributed by atoms with Crippen molar-refractivity contribution in [2.24, 2.45) is 10.7 Å². The highest BCUT2D eigenvalue weighted by Gasteiger charge is 2.27. The summed E-state index contributed by atoms with van der Waals surface area (Å²) in [4.78, 5) is 4.26. The SMILES string of the molecule is NC(CCl)=Nc1ccc(S(=O)(=O)NC2CC2)cc1. The summed E-state index contributed by atoms with van der Waals surface area (Å²) in [6, 6.07) is 6.30. The summed E-state index contributed by atoms with van der Waals surface area (Å²) in [6.45, 7) is 0. The van der Waals surface area contributed by atoms with Crippen LogP contribution in [0.2, 0.25) is 0 Å². The standard InChI is InChI=1S/C11H14ClN3O2S/c12-7-11(13)14-8-3-5-10(6-4-8)18(16,17)15-9-1-2-9/h3-6,9,15H,1-2,7H2,(H2,13,14). The Bertz CT molecular complexity index is 550. The maximum Gasteiger partial charge on any atom is 0.240 e. The molecule has 1 aromatic rings. The van der Waals surface area contributed by atoms with E-state index in [2.05, 4.69) is 9.71 Å². The van der Waals surface area contributed by atoms with Crippen molar-refractivity contribution in [1.29, 1.82) is 0 Å². The second kappa shape index (κ2) is 5.26. The Balaban J connectivity index is 2.16. The first-order valence-electron chi connectivity index (χ1n) is 5.52. The van der Waals surface area contributed by atoms with Crippen LogP contribution in [0.4, 0.5) is 5.69 Å². The molecule has 0 atom stereocenters. The molecule has 1 aliphatic carbocycles. The third kappa shape index (κ3) is 3.44. The summed E-state index contributed by atoms with van der Waals surface area (Å²) in [5.41, 5.74) is 6.07. The van der Waals surface area contributed by atoms with Gasteiger partial charge in [0.25, 0.3) is 0 Å². The summed E-state index contributed by atoms with van der Waals surface area (Å²) in [6.07, 6.45) is 1.82. The first-order valence-corrected chi connectivity index (χ1v) is 7.54. The Kier molecular flexibility index (Phi) is 3.89. The van der Waals surface area contributed by atoms with Gasteiger partial charge in [-0.15, -0.1) is 11.6 Å². The average Bonchev–Trinajstić information content (AvgIpc) is 3.13. The molecule has 0 spiro atoms. The van der Waals surface area contributed by atoms with Crippen molar-refractivity contribution in [2.75, 3.05) is 5.88 Å². The molecule has 1 aliphatic rings. The Morgan fingerprint density at radius 3 is 2.50 bits per heavy atom. The number of nitrogens with zero attached hydrogens (tertiary/aromatic N) is 1. The highest BCUT2D eigenvalue weighted by molar-refractivity contribution is 7.89. The number of rotatable bonds is 5. The number of hydrogen-bond acceptors (Lipinski definition) is 3. The van der Waals surface area contributed by atoms with Crippen LogP contribution in [0.1, 0.15) is 12.8 Å². The summed E-state index contributed by atoms with van der Waals surface area (Å²) in [5, 5.41) is 0. The van der Waals surface area contributed by atoms with Gasteiger partial charge in [-0.2, -0.15) is 0 Å². The van der Waals surface area contributed by atoms with E-state index in [4.69, 9.17) is 17.3 Å². The van der Waals surface area contributed by atoms with Crippen LogP contribution >= 0.6 is 11.6 Å². The van der Waals surface area contributed by atoms with Gasteiger partial charge in [-0.3, -0.25) is 0 Å². The lowest BCUT2D eigenvalue weighted by Gasteiger charge is -2.05. The molecule has 1 fully saturated rings. The fourth-order valence-corrected chi connectivity index (χ4v) is 2.75. The van der Waals surface area contributed by atoms with Gasteiger partial charge < -0.3 is 5.73 Å². The molecule has 1 aromatic carbocycles. The molecule has 3 N–H and O–H groups in total. The van der Waals surface area contributed by atoms with Gasteiger partial charge in [0.1, 0.15) is 5.84 Å². The minimum absolute atomic E-state index is 0.0968. The Morgan fingerprint density at radius 2 is 2.00 bits per heavy atom. The normalized spacial score (nSPS) is 16.8. The first kappa shape index (κ1) is 13.3. The number of amidine groups is 1. The molecule has 7 heteroatoms. The number of nitrogens with two attached hydrogens (primary N) is 1. The minimum Gasteiger partial charge on any atom is -0.386 e. The predicted octanol–water partition coefficient (Wildman–Crippen LogP) is 1.35. The maximum absolute atomic E-state index is 11.9. The summed E-state index contributed by atoms with van der Waals surface area (Å²) in [7, 11) is -3.40. The Hall–Kier alpha value is -1.11. The van der Waals surface area contributed by atoms with Crippen LogP contribution < -0.4 is 10.5 Å². The van der Waals surface area contributed by atoms with Crippen molar-refractivity contribution in [2.45, 2.75) is 23.8 Å². The second-order valence-corrected chi connectivity index (χ2v) is 6.11. The van der Waals surface area contributed by atoms with Crippen molar-refractivity contribution in [3.63, 3.8) is 0 Å². The number of halogens is 1. The monoisotopic (exact) mass is 287 g/mol. The van der Waals surface area contributed by atoms with Crippen LogP contribution in [-0.2, 0) is 10.0 Å². The van der Waals surface area contributed by atoms with Gasteiger partial charge in [0, 0.05) is 6.04 Å². The number of aliphatic imine (C=N–C) groups is 1. The van der Waals surface area contributed by atoms with Crippen LogP contribution in [-0.4, -0.2) is 26.2 Å². The summed E-state index contributed by atoms with van der Waals surface area (Å²) in [5.74, 6) is 0.437. The predicted molar refractivity (Wildman–Crippen MR) is 71.8 cm³/mol. The van der Waals surface area contributed by atoms with Crippen molar-refractivity contribution in [3.8, 4) is 0 Å². The van der Waals surface area contributed by atoms with Gasteiger partial charge in [0.05, 0.1) is 16.5 Å². The summed E-state index contributed by atoms with van der Waals surface area (Å²) >= 11 is 5.51. The highest BCUT2D eigenvalue weighted by Crippen LogP contribution is 2.23. The third-order valence-electron chi connectivity index (χ3n) is 2.46. The van der Waals surface area contributed by atoms with Crippen LogP contribution in [0.3, 0.4) is 0 Å². The van der Waals surface area contributed by atoms with E-state index in [1.165, 1.54) is 12.1 Å². The maximum atomic E-state index is 11.9. The van der Waals surface area contributed by atoms with E-state index >= 15 is 0 Å². The molecule has 98 valence electrons. The van der Waals surface area contributed by atoms with Crippen molar-refractivity contribution >= 4 is 33.1 Å².